The second kappa shape index (κ2) is 8.88. The lowest BCUT2D eigenvalue weighted by atomic mass is 9.86. The van der Waals surface area contributed by atoms with E-state index in [0.717, 1.165) is 0 Å². The standard InChI is InChI=1S/C20H16Cl2F6N2O/c21-14-5-10(6-15(22)8-14)16-9-29-2-1-17(16)30-18(31)11-3-12(19(23,24)25)7-13(4-11)20(26,27)28/h3-8,16-17,29H,1-2,9H2,(H,30,31). The predicted octanol–water partition coefficient (Wildman–Crippen LogP) is 5.91. The van der Waals surface area contributed by atoms with Crippen molar-refractivity contribution in [1.29, 1.82) is 0 Å². The molecule has 0 saturated carbocycles. The van der Waals surface area contributed by atoms with E-state index in [1.807, 2.05) is 0 Å². The van der Waals surface area contributed by atoms with Crippen LogP contribution in [0.1, 0.15) is 39.4 Å². The van der Waals surface area contributed by atoms with Crippen LogP contribution in [-0.2, 0) is 12.4 Å². The van der Waals surface area contributed by atoms with E-state index in [0.29, 0.717) is 47.3 Å². The van der Waals surface area contributed by atoms with Gasteiger partial charge < -0.3 is 10.6 Å². The molecule has 2 aromatic rings. The smallest absolute Gasteiger partial charge is 0.349 e. The second-order valence-corrected chi connectivity index (χ2v) is 8.05. The van der Waals surface area contributed by atoms with Crippen molar-refractivity contribution in [3.05, 3.63) is 68.7 Å². The van der Waals surface area contributed by atoms with Gasteiger partial charge in [0.15, 0.2) is 0 Å². The summed E-state index contributed by atoms with van der Waals surface area (Å²) in [5, 5.41) is 6.45. The molecule has 1 amide bonds. The molecule has 2 unspecified atom stereocenters. The Bertz CT molecular complexity index is 925. The molecule has 3 rings (SSSR count). The monoisotopic (exact) mass is 484 g/mol. The quantitative estimate of drug-likeness (QED) is 0.532. The molecular formula is C20H16Cl2F6N2O. The Balaban J connectivity index is 1.91. The summed E-state index contributed by atoms with van der Waals surface area (Å²) < 4.78 is 78.5. The van der Waals surface area contributed by atoms with Crippen LogP contribution >= 0.6 is 23.2 Å². The molecule has 168 valence electrons. The highest BCUT2D eigenvalue weighted by molar-refractivity contribution is 6.34. The Labute approximate surface area is 183 Å². The van der Waals surface area contributed by atoms with Crippen LogP contribution in [0.15, 0.2) is 36.4 Å². The first-order chi connectivity index (χ1) is 14.3. The molecule has 1 aliphatic heterocycles. The van der Waals surface area contributed by atoms with E-state index < -0.39 is 41.0 Å². The van der Waals surface area contributed by atoms with Gasteiger partial charge in [-0.1, -0.05) is 23.2 Å². The fourth-order valence-corrected chi connectivity index (χ4v) is 4.05. The number of rotatable bonds is 3. The molecule has 11 heteroatoms. The number of alkyl halides is 6. The maximum atomic E-state index is 13.1. The largest absolute Gasteiger partial charge is 0.416 e. The Kier molecular flexibility index (Phi) is 6.78. The molecular weight excluding hydrogens is 469 g/mol. The number of hydrogen-bond donors (Lipinski definition) is 2. The molecule has 0 spiro atoms. The average molecular weight is 485 g/mol. The Morgan fingerprint density at radius 2 is 1.45 bits per heavy atom. The van der Waals surface area contributed by atoms with Gasteiger partial charge in [-0.15, -0.1) is 0 Å². The van der Waals surface area contributed by atoms with Gasteiger partial charge in [-0.25, -0.2) is 0 Å². The lowest BCUT2D eigenvalue weighted by Crippen LogP contribution is -2.48. The van der Waals surface area contributed by atoms with Crippen LogP contribution in [-0.4, -0.2) is 25.0 Å². The third kappa shape index (κ3) is 5.84. The number of nitrogens with one attached hydrogen (secondary N) is 2. The highest BCUT2D eigenvalue weighted by Crippen LogP contribution is 2.36. The van der Waals surface area contributed by atoms with Gasteiger partial charge in [0.05, 0.1) is 11.1 Å². The summed E-state index contributed by atoms with van der Waals surface area (Å²) in [4.78, 5) is 12.7. The van der Waals surface area contributed by atoms with Gasteiger partial charge in [0.1, 0.15) is 0 Å². The summed E-state index contributed by atoms with van der Waals surface area (Å²) in [5.41, 5.74) is -3.12. The van der Waals surface area contributed by atoms with Crippen LogP contribution in [0.3, 0.4) is 0 Å². The van der Waals surface area contributed by atoms with E-state index in [1.165, 1.54) is 6.07 Å². The van der Waals surface area contributed by atoms with Crippen molar-refractivity contribution in [1.82, 2.24) is 10.6 Å². The number of piperidine rings is 1. The van der Waals surface area contributed by atoms with Crippen molar-refractivity contribution in [2.45, 2.75) is 30.7 Å². The van der Waals surface area contributed by atoms with Crippen LogP contribution in [0, 0.1) is 0 Å². The normalized spacial score (nSPS) is 19.9. The van der Waals surface area contributed by atoms with Crippen LogP contribution < -0.4 is 10.6 Å². The predicted molar refractivity (Wildman–Crippen MR) is 104 cm³/mol. The third-order valence-corrected chi connectivity index (χ3v) is 5.40. The molecule has 2 atom stereocenters. The minimum Gasteiger partial charge on any atom is -0.349 e. The molecule has 2 aromatic carbocycles. The van der Waals surface area contributed by atoms with Crippen LogP contribution in [0.5, 0.6) is 0 Å². The summed E-state index contributed by atoms with van der Waals surface area (Å²) in [6, 6.07) is 5.09. The fourth-order valence-electron chi connectivity index (χ4n) is 3.51. The first kappa shape index (κ1) is 23.7. The van der Waals surface area contributed by atoms with Gasteiger partial charge in [0.25, 0.3) is 5.91 Å². The zero-order valence-corrected chi connectivity index (χ0v) is 17.2. The molecule has 0 bridgehead atoms. The first-order valence-electron chi connectivity index (χ1n) is 9.11. The van der Waals surface area contributed by atoms with Crippen LogP contribution in [0.2, 0.25) is 10.0 Å². The fraction of sp³-hybridized carbons (Fsp3) is 0.350. The van der Waals surface area contributed by atoms with Crippen molar-refractivity contribution in [3.63, 3.8) is 0 Å². The molecule has 3 nitrogen and oxygen atoms in total. The van der Waals surface area contributed by atoms with Crippen molar-refractivity contribution in [2.75, 3.05) is 13.1 Å². The SMILES string of the molecule is O=C(NC1CCNCC1c1cc(Cl)cc(Cl)c1)c1cc(C(F)(F)F)cc(C(F)(F)F)c1. The Hall–Kier alpha value is -1.97. The number of carbonyl (C=O) groups is 1. The Morgan fingerprint density at radius 1 is 0.903 bits per heavy atom. The van der Waals surface area contributed by atoms with E-state index in [-0.39, 0.29) is 12.0 Å². The number of benzene rings is 2. The molecule has 1 saturated heterocycles. The summed E-state index contributed by atoms with van der Waals surface area (Å²) in [6.45, 7) is 0.921. The van der Waals surface area contributed by atoms with E-state index in [4.69, 9.17) is 23.2 Å². The summed E-state index contributed by atoms with van der Waals surface area (Å²) in [5.74, 6) is -1.36. The highest BCUT2D eigenvalue weighted by Gasteiger charge is 2.38. The summed E-state index contributed by atoms with van der Waals surface area (Å²) in [6.07, 6.45) is -9.66. The average Bonchev–Trinajstić information content (AvgIpc) is 2.66. The molecule has 0 radical (unpaired) electrons. The van der Waals surface area contributed by atoms with E-state index in [2.05, 4.69) is 10.6 Å². The number of amides is 1. The Morgan fingerprint density at radius 3 is 1.97 bits per heavy atom. The summed E-state index contributed by atoms with van der Waals surface area (Å²) >= 11 is 12.1. The molecule has 1 fully saturated rings. The molecule has 1 aliphatic rings. The third-order valence-electron chi connectivity index (χ3n) is 4.96. The maximum absolute atomic E-state index is 13.1. The van der Waals surface area contributed by atoms with Crippen molar-refractivity contribution >= 4 is 29.1 Å². The second-order valence-electron chi connectivity index (χ2n) is 7.18. The van der Waals surface area contributed by atoms with Gasteiger partial charge >= 0.3 is 12.4 Å². The number of halogens is 8. The van der Waals surface area contributed by atoms with Gasteiger partial charge in [-0.2, -0.15) is 26.3 Å². The van der Waals surface area contributed by atoms with E-state index in [9.17, 15) is 31.1 Å². The summed E-state index contributed by atoms with van der Waals surface area (Å²) in [7, 11) is 0. The van der Waals surface area contributed by atoms with Gasteiger partial charge in [-0.05, 0) is 54.9 Å². The van der Waals surface area contributed by atoms with Crippen molar-refractivity contribution in [3.8, 4) is 0 Å². The minimum absolute atomic E-state index is 0.0158. The zero-order chi connectivity index (χ0) is 23.0. The number of hydrogen-bond acceptors (Lipinski definition) is 2. The first-order valence-corrected chi connectivity index (χ1v) is 9.87. The molecule has 0 aliphatic carbocycles. The van der Waals surface area contributed by atoms with Crippen molar-refractivity contribution in [2.24, 2.45) is 0 Å². The van der Waals surface area contributed by atoms with E-state index in [1.54, 1.807) is 12.1 Å². The topological polar surface area (TPSA) is 41.1 Å². The van der Waals surface area contributed by atoms with Crippen molar-refractivity contribution < 1.29 is 31.1 Å². The van der Waals surface area contributed by atoms with Gasteiger partial charge in [0.2, 0.25) is 0 Å². The molecule has 31 heavy (non-hydrogen) atoms. The maximum Gasteiger partial charge on any atom is 0.416 e. The molecule has 2 N–H and O–H groups in total. The minimum atomic E-state index is -5.04. The van der Waals surface area contributed by atoms with E-state index >= 15 is 0 Å². The highest BCUT2D eigenvalue weighted by atomic mass is 35.5. The zero-order valence-electron chi connectivity index (χ0n) is 15.7. The molecule has 0 aromatic heterocycles. The van der Waals surface area contributed by atoms with Crippen LogP contribution in [0.25, 0.3) is 0 Å². The van der Waals surface area contributed by atoms with Gasteiger partial charge in [0, 0.05) is 34.1 Å². The van der Waals surface area contributed by atoms with Gasteiger partial charge in [-0.3, -0.25) is 4.79 Å². The molecule has 1 heterocycles. The lowest BCUT2D eigenvalue weighted by Gasteiger charge is -2.33. The number of carbonyl (C=O) groups excluding carboxylic acids is 1. The van der Waals surface area contributed by atoms with Crippen LogP contribution in [0.4, 0.5) is 26.3 Å². The lowest BCUT2D eigenvalue weighted by molar-refractivity contribution is -0.143.